The van der Waals surface area contributed by atoms with Gasteiger partial charge in [-0.15, -0.1) is 0 Å². The third kappa shape index (κ3) is 3.18. The Hall–Kier alpha value is -1.73. The summed E-state index contributed by atoms with van der Waals surface area (Å²) in [6, 6.07) is 5.20. The molecule has 0 radical (unpaired) electrons. The lowest BCUT2D eigenvalue weighted by atomic mass is 9.48. The van der Waals surface area contributed by atoms with Crippen LogP contribution in [0.1, 0.15) is 48.9 Å². The van der Waals surface area contributed by atoms with E-state index in [2.05, 4.69) is 0 Å². The molecule has 4 saturated carbocycles. The lowest BCUT2D eigenvalue weighted by Crippen LogP contribution is -2.51. The van der Waals surface area contributed by atoms with E-state index in [1.807, 2.05) is 0 Å². The van der Waals surface area contributed by atoms with Crippen LogP contribution < -0.4 is 5.14 Å². The topological polar surface area (TPSA) is 104 Å². The Bertz CT molecular complexity index is 808. The highest BCUT2D eigenvalue weighted by Gasteiger charge is 2.54. The van der Waals surface area contributed by atoms with Gasteiger partial charge in [0.05, 0.1) is 10.5 Å². The molecule has 4 aliphatic carbocycles. The number of rotatable bonds is 5. The van der Waals surface area contributed by atoms with Crippen LogP contribution in [0.3, 0.4) is 0 Å². The van der Waals surface area contributed by atoms with E-state index in [9.17, 15) is 18.0 Å². The minimum absolute atomic E-state index is 0.0473. The molecule has 0 aromatic heterocycles. The maximum absolute atomic E-state index is 12.8. The standard InChI is InChI=1S/C19H23NO5S/c20-26(23,24)16-3-1-15(2-4-16)18(22)25-11-17(21)19-8-12-5-13(9-19)7-14(6-12)10-19/h1-4,12-14H,5-11H2,(H2,20,23,24). The van der Waals surface area contributed by atoms with Gasteiger partial charge in [-0.25, -0.2) is 18.4 Å². The molecule has 4 bridgehead atoms. The number of esters is 1. The van der Waals surface area contributed by atoms with Gasteiger partial charge in [-0.05, 0) is 80.5 Å². The maximum Gasteiger partial charge on any atom is 0.338 e. The van der Waals surface area contributed by atoms with E-state index < -0.39 is 16.0 Å². The summed E-state index contributed by atoms with van der Waals surface area (Å²) in [5.74, 6) is 1.40. The lowest BCUT2D eigenvalue weighted by Gasteiger charge is -2.55. The Morgan fingerprint density at radius 1 is 1.00 bits per heavy atom. The Morgan fingerprint density at radius 3 is 1.96 bits per heavy atom. The molecule has 0 unspecified atom stereocenters. The van der Waals surface area contributed by atoms with Crippen molar-refractivity contribution in [1.82, 2.24) is 0 Å². The first kappa shape index (κ1) is 17.7. The number of hydrogen-bond acceptors (Lipinski definition) is 5. The van der Waals surface area contributed by atoms with Crippen molar-refractivity contribution < 1.29 is 22.7 Å². The molecule has 0 atom stereocenters. The summed E-state index contributed by atoms with van der Waals surface area (Å²) in [6.45, 7) is -0.206. The van der Waals surface area contributed by atoms with E-state index in [1.165, 1.54) is 43.5 Å². The molecule has 0 saturated heterocycles. The van der Waals surface area contributed by atoms with E-state index in [-0.39, 0.29) is 28.3 Å². The second-order valence-corrected chi connectivity index (χ2v) is 9.83. The summed E-state index contributed by atoms with van der Waals surface area (Å²) in [7, 11) is -3.80. The van der Waals surface area contributed by atoms with Crippen molar-refractivity contribution in [2.45, 2.75) is 43.4 Å². The Labute approximate surface area is 153 Å². The minimum atomic E-state index is -3.80. The average Bonchev–Trinajstić information content (AvgIpc) is 2.57. The third-order valence-electron chi connectivity index (χ3n) is 6.38. The number of nitrogens with two attached hydrogens (primary N) is 1. The van der Waals surface area contributed by atoms with Gasteiger partial charge in [0.25, 0.3) is 0 Å². The number of carbonyl (C=O) groups excluding carboxylic acids is 2. The van der Waals surface area contributed by atoms with Crippen LogP contribution in [0.4, 0.5) is 0 Å². The van der Waals surface area contributed by atoms with Crippen molar-refractivity contribution in [1.29, 1.82) is 0 Å². The van der Waals surface area contributed by atoms with Crippen LogP contribution in [-0.2, 0) is 19.6 Å². The largest absolute Gasteiger partial charge is 0.454 e. The zero-order valence-corrected chi connectivity index (χ0v) is 15.3. The van der Waals surface area contributed by atoms with Crippen molar-refractivity contribution >= 4 is 21.8 Å². The Balaban J connectivity index is 1.39. The van der Waals surface area contributed by atoms with E-state index >= 15 is 0 Å². The Morgan fingerprint density at radius 2 is 1.50 bits per heavy atom. The average molecular weight is 377 g/mol. The van der Waals surface area contributed by atoms with Crippen molar-refractivity contribution in [3.63, 3.8) is 0 Å². The number of ether oxygens (including phenoxy) is 1. The highest BCUT2D eigenvalue weighted by atomic mass is 32.2. The minimum Gasteiger partial charge on any atom is -0.454 e. The number of Topliss-reactive ketones (excluding diaryl/α,β-unsaturated/α-hetero) is 1. The first-order valence-electron chi connectivity index (χ1n) is 9.08. The molecule has 6 nitrogen and oxygen atoms in total. The number of benzene rings is 1. The fourth-order valence-corrected chi connectivity index (χ4v) is 6.12. The molecule has 2 N–H and O–H groups in total. The summed E-state index contributed by atoms with van der Waals surface area (Å²) >= 11 is 0. The number of carbonyl (C=O) groups is 2. The molecule has 4 aliphatic rings. The van der Waals surface area contributed by atoms with Crippen LogP contribution in [0, 0.1) is 23.2 Å². The van der Waals surface area contributed by atoms with Crippen LogP contribution in [0.15, 0.2) is 29.2 Å². The summed E-state index contributed by atoms with van der Waals surface area (Å²) < 4.78 is 27.7. The molecule has 1 aromatic carbocycles. The molecule has 0 amide bonds. The monoisotopic (exact) mass is 377 g/mol. The summed E-state index contributed by atoms with van der Waals surface area (Å²) in [5, 5.41) is 5.04. The van der Waals surface area contributed by atoms with Gasteiger partial charge in [-0.1, -0.05) is 0 Å². The zero-order chi connectivity index (χ0) is 18.5. The molecule has 0 aliphatic heterocycles. The molecule has 140 valence electrons. The molecular weight excluding hydrogens is 354 g/mol. The number of sulfonamides is 1. The smallest absolute Gasteiger partial charge is 0.338 e. The SMILES string of the molecule is NS(=O)(=O)c1ccc(C(=O)OCC(=O)C23CC4CC(CC(C4)C2)C3)cc1. The van der Waals surface area contributed by atoms with Crippen molar-refractivity contribution in [2.75, 3.05) is 6.61 Å². The maximum atomic E-state index is 12.8. The highest BCUT2D eigenvalue weighted by Crippen LogP contribution is 2.60. The van der Waals surface area contributed by atoms with E-state index in [0.717, 1.165) is 19.3 Å². The number of ketones is 1. The fourth-order valence-electron chi connectivity index (χ4n) is 5.60. The Kier molecular flexibility index (Phi) is 4.19. The highest BCUT2D eigenvalue weighted by molar-refractivity contribution is 7.89. The second kappa shape index (κ2) is 6.16. The van der Waals surface area contributed by atoms with Crippen LogP contribution in [0.2, 0.25) is 0 Å². The van der Waals surface area contributed by atoms with Gasteiger partial charge in [0.1, 0.15) is 0 Å². The third-order valence-corrected chi connectivity index (χ3v) is 7.31. The second-order valence-electron chi connectivity index (χ2n) is 8.27. The van der Waals surface area contributed by atoms with Crippen LogP contribution >= 0.6 is 0 Å². The lowest BCUT2D eigenvalue weighted by molar-refractivity contribution is -0.147. The number of hydrogen-bond donors (Lipinski definition) is 1. The molecule has 1 aromatic rings. The molecule has 0 heterocycles. The first-order chi connectivity index (χ1) is 12.2. The van der Waals surface area contributed by atoms with Crippen LogP contribution in [-0.4, -0.2) is 26.8 Å². The van der Waals surface area contributed by atoms with Crippen LogP contribution in [0.25, 0.3) is 0 Å². The fraction of sp³-hybridized carbons (Fsp3) is 0.579. The van der Waals surface area contributed by atoms with Crippen LogP contribution in [0.5, 0.6) is 0 Å². The van der Waals surface area contributed by atoms with Gasteiger partial charge < -0.3 is 4.74 Å². The van der Waals surface area contributed by atoms with E-state index in [1.54, 1.807) is 0 Å². The zero-order valence-electron chi connectivity index (χ0n) is 14.5. The van der Waals surface area contributed by atoms with Gasteiger partial charge in [0.15, 0.2) is 12.4 Å². The first-order valence-corrected chi connectivity index (χ1v) is 10.6. The molecular formula is C19H23NO5S. The normalized spacial score (nSPS) is 32.4. The van der Waals surface area contributed by atoms with Gasteiger partial charge in [0.2, 0.25) is 10.0 Å². The van der Waals surface area contributed by atoms with Crippen molar-refractivity contribution in [2.24, 2.45) is 28.3 Å². The molecule has 7 heteroatoms. The summed E-state index contributed by atoms with van der Waals surface area (Å²) in [4.78, 5) is 25.0. The molecule has 26 heavy (non-hydrogen) atoms. The van der Waals surface area contributed by atoms with Gasteiger partial charge >= 0.3 is 5.97 Å². The quantitative estimate of drug-likeness (QED) is 0.793. The van der Waals surface area contributed by atoms with Crippen molar-refractivity contribution in [3.8, 4) is 0 Å². The molecule has 5 rings (SSSR count). The summed E-state index contributed by atoms with van der Waals surface area (Å²) in [5.41, 5.74) is -0.0808. The van der Waals surface area contributed by atoms with Gasteiger partial charge in [-0.2, -0.15) is 0 Å². The molecule has 4 fully saturated rings. The molecule has 0 spiro atoms. The number of primary sulfonamides is 1. The van der Waals surface area contributed by atoms with Crippen molar-refractivity contribution in [3.05, 3.63) is 29.8 Å². The predicted molar refractivity (Wildman–Crippen MR) is 93.7 cm³/mol. The summed E-state index contributed by atoms with van der Waals surface area (Å²) in [6.07, 6.45) is 6.59. The van der Waals surface area contributed by atoms with E-state index in [4.69, 9.17) is 9.88 Å². The van der Waals surface area contributed by atoms with Gasteiger partial charge in [0, 0.05) is 5.41 Å². The predicted octanol–water partition coefficient (Wildman–Crippen LogP) is 2.28. The van der Waals surface area contributed by atoms with E-state index in [0.29, 0.717) is 17.8 Å². The van der Waals surface area contributed by atoms with Gasteiger partial charge in [-0.3, -0.25) is 4.79 Å².